The summed E-state index contributed by atoms with van der Waals surface area (Å²) < 4.78 is 94.7. The minimum absolute atomic E-state index is 0. The van der Waals surface area contributed by atoms with Crippen molar-refractivity contribution in [3.63, 3.8) is 0 Å². The van der Waals surface area contributed by atoms with E-state index < -0.39 is 90.5 Å². The maximum Gasteiger partial charge on any atom is 4.00 e. The predicted octanol–water partition coefficient (Wildman–Crippen LogP) is -1.73. The Morgan fingerprint density at radius 1 is 0.483 bits per heavy atom. The zero-order valence-electron chi connectivity index (χ0n) is 17.1. The molecule has 0 unspecified atom stereocenters. The van der Waals surface area contributed by atoms with E-state index in [2.05, 4.69) is 11.3 Å². The average Bonchev–Trinajstić information content (AvgIpc) is 2.62. The topological polar surface area (TPSA) is 197 Å². The molecule has 0 fully saturated rings. The van der Waals surface area contributed by atoms with Gasteiger partial charge in [-0.15, -0.1) is 0 Å². The van der Waals surface area contributed by atoms with Crippen LogP contribution in [0.1, 0.15) is 53.4 Å². The summed E-state index contributed by atoms with van der Waals surface area (Å²) in [5.74, 6) is 0. The van der Waals surface area contributed by atoms with Crippen LogP contribution in [0.4, 0.5) is 0 Å². The molecule has 0 spiro atoms. The molecule has 0 saturated carbocycles. The smallest absolute Gasteiger partial charge is 4.00 e. The maximum atomic E-state index is 9.70. The van der Waals surface area contributed by atoms with E-state index in [1.807, 2.05) is 27.7 Å². The van der Waals surface area contributed by atoms with Gasteiger partial charge in [0.15, 0.2) is 0 Å². The van der Waals surface area contributed by atoms with Crippen molar-refractivity contribution in [2.45, 2.75) is 53.4 Å². The first-order valence-electron chi connectivity index (χ1n) is 8.43. The summed E-state index contributed by atoms with van der Waals surface area (Å²) in [6.45, 7) is 8.92. The Morgan fingerprint density at radius 2 is 0.621 bits per heavy atom. The molecule has 0 aromatic heterocycles. The van der Waals surface area contributed by atoms with Gasteiger partial charge in [0.25, 0.3) is 0 Å². The van der Waals surface area contributed by atoms with Crippen molar-refractivity contribution < 1.29 is 152 Å². The third-order valence-electron chi connectivity index (χ3n) is 1.70. The summed E-state index contributed by atoms with van der Waals surface area (Å²) in [4.78, 5) is 0. The molecule has 0 aromatic carbocycles. The van der Waals surface area contributed by atoms with Crippen molar-refractivity contribution in [3.05, 3.63) is 0 Å². The van der Waals surface area contributed by atoms with Crippen LogP contribution >= 0.6 is 0 Å². The van der Waals surface area contributed by atoms with Crippen LogP contribution in [-0.4, -0.2) is 26.4 Å². The maximum absolute atomic E-state index is 9.70. The Morgan fingerprint density at radius 3 is 0.655 bits per heavy atom. The molecule has 0 heterocycles. The molecule has 0 aliphatic carbocycles. The van der Waals surface area contributed by atoms with E-state index in [1.165, 1.54) is 0 Å². The molecule has 0 aromatic rings. The van der Waals surface area contributed by atoms with E-state index in [-0.39, 0.29) is 26.2 Å². The molecule has 0 aliphatic rings. The van der Waals surface area contributed by atoms with Crippen LogP contribution in [0.3, 0.4) is 0 Å². The number of hydrogen-bond acceptors (Lipinski definition) is 12. The molecule has 0 N–H and O–H groups in total. The van der Waals surface area contributed by atoms with Crippen molar-refractivity contribution in [3.8, 4) is 0 Å². The first-order valence-corrected chi connectivity index (χ1v) is 20.5. The molecule has 12 nitrogen and oxygen atoms in total. The average molecular weight is 820 g/mol. The zero-order chi connectivity index (χ0) is 22.8. The third-order valence-corrected chi connectivity index (χ3v) is 6.02. The van der Waals surface area contributed by atoms with Gasteiger partial charge in [-0.2, -0.15) is 0 Å². The largest absolute Gasteiger partial charge is 4.00 e. The van der Waals surface area contributed by atoms with Crippen LogP contribution < -0.4 is 12.7 Å². The minimum atomic E-state index is -3.64. The van der Waals surface area contributed by atoms with Crippen LogP contribution in [-0.2, 0) is 139 Å². The summed E-state index contributed by atoms with van der Waals surface area (Å²) in [5, 5.41) is 0. The van der Waals surface area contributed by atoms with E-state index in [1.54, 1.807) is 0 Å². The second kappa shape index (κ2) is 38.6. The van der Waals surface area contributed by atoms with Crippen molar-refractivity contribution in [2.24, 2.45) is 0 Å². The van der Waals surface area contributed by atoms with E-state index in [0.717, 1.165) is 25.7 Å². The molecule has 0 amide bonds. The zero-order valence-corrected chi connectivity index (χ0v) is 29.3. The van der Waals surface area contributed by atoms with Gasteiger partial charge in [0.2, 0.25) is 0 Å². The fourth-order valence-electron chi connectivity index (χ4n) is 0.742. The second-order valence-corrected chi connectivity index (χ2v) is 12.1. The Balaban J connectivity index is -0.0000000873. The van der Waals surface area contributed by atoms with E-state index in [4.69, 9.17) is 0 Å². The van der Waals surface area contributed by atoms with Gasteiger partial charge >= 0.3 is 232 Å². The second-order valence-electron chi connectivity index (χ2n) is 4.39. The first kappa shape index (κ1) is 42.5. The first-order chi connectivity index (χ1) is 13.1. The van der Waals surface area contributed by atoms with Crippen LogP contribution in [0.15, 0.2) is 0 Å². The molecule has 0 bridgehead atoms. The quantitative estimate of drug-likeness (QED) is 0.216. The van der Waals surface area contributed by atoms with Gasteiger partial charge < -0.3 is 0 Å². The third kappa shape index (κ3) is 72.1. The summed E-state index contributed by atoms with van der Waals surface area (Å²) in [6.07, 6.45) is 3.09. The molecule has 29 heavy (non-hydrogen) atoms. The summed E-state index contributed by atoms with van der Waals surface area (Å²) in [5.41, 5.74) is 0. The monoisotopic (exact) mass is 814 g/mol. The fourth-order valence-corrected chi connectivity index (χ4v) is 4.39. The van der Waals surface area contributed by atoms with Gasteiger partial charge in [-0.1, -0.05) is 0 Å². The van der Waals surface area contributed by atoms with Crippen molar-refractivity contribution >= 4 is 0 Å². The van der Waals surface area contributed by atoms with Crippen LogP contribution in [0.5, 0.6) is 0 Å². The van der Waals surface area contributed by atoms with E-state index in [0.29, 0.717) is 26.4 Å². The van der Waals surface area contributed by atoms with Gasteiger partial charge in [0.05, 0.1) is 0 Å². The number of hydrogen-bond donors (Lipinski definition) is 0. The molecular weight excluding hydrogens is 792 g/mol. The molecule has 0 radical (unpaired) electrons. The van der Waals surface area contributed by atoms with E-state index in [9.17, 15) is 24.0 Å². The van der Waals surface area contributed by atoms with E-state index >= 15 is 0 Å². The summed E-state index contributed by atoms with van der Waals surface area (Å²) in [7, 11) is 0. The minimum Gasteiger partial charge on any atom is 4.00 e. The van der Waals surface area contributed by atoms with Gasteiger partial charge in [-0.05, 0) is 0 Å². The molecule has 0 atom stereocenters. The SMILES string of the molecule is CCC[O][Zr](=[O])[O-].CCC[O][Zr](=[O])[O-].CCC[O][Zr](=[O])[O-].CCC[O][Zr](=[O])[O-].[Zr+4]. The van der Waals surface area contributed by atoms with Crippen LogP contribution in [0.25, 0.3) is 0 Å². The van der Waals surface area contributed by atoms with Gasteiger partial charge in [-0.3, -0.25) is 0 Å². The Kier molecular flexibility index (Phi) is 56.4. The van der Waals surface area contributed by atoms with Gasteiger partial charge in [0, 0.05) is 0 Å². The summed E-state index contributed by atoms with van der Waals surface area (Å²) >= 11 is -14.6. The molecule has 168 valence electrons. The van der Waals surface area contributed by atoms with Gasteiger partial charge in [-0.25, -0.2) is 0 Å². The normalized spacial score (nSPS) is 8.55. The van der Waals surface area contributed by atoms with Crippen molar-refractivity contribution in [2.75, 3.05) is 26.4 Å². The Hall–Kier alpha value is 3.30. The standard InChI is InChI=1S/4C3H7O.8O.5Zr/c4*1-2-3-4;;;;;;;;;;;;;/h4*2-3H2,1H3;;;;;;;;;;;;;/q4*-1;;;;;4*-1;4*+1;+4. The molecule has 0 aliphatic heterocycles. The molecule has 0 saturated heterocycles. The number of rotatable bonds is 12. The molecule has 0 rings (SSSR count). The summed E-state index contributed by atoms with van der Waals surface area (Å²) in [6, 6.07) is 0. The molecular formula is C12H28O12Zr5. The Bertz CT molecular complexity index is 327. The van der Waals surface area contributed by atoms with Crippen LogP contribution in [0, 0.1) is 0 Å². The van der Waals surface area contributed by atoms with Crippen molar-refractivity contribution in [1.29, 1.82) is 0 Å². The van der Waals surface area contributed by atoms with Gasteiger partial charge in [0.1, 0.15) is 0 Å². The predicted molar refractivity (Wildman–Crippen MR) is 67.7 cm³/mol. The van der Waals surface area contributed by atoms with Crippen LogP contribution in [0.2, 0.25) is 0 Å². The van der Waals surface area contributed by atoms with Crippen molar-refractivity contribution in [1.82, 2.24) is 0 Å². The molecule has 17 heteroatoms. The fraction of sp³-hybridized carbons (Fsp3) is 1.00. The Labute approximate surface area is 228 Å².